The molecule has 0 saturated carbocycles. The van der Waals surface area contributed by atoms with E-state index in [2.05, 4.69) is 0 Å². The molecule has 0 unspecified atom stereocenters. The maximum atomic E-state index is 13.0. The molecular weight excluding hydrogens is 376 g/mol. The van der Waals surface area contributed by atoms with Crippen LogP contribution >= 0.6 is 0 Å². The lowest BCUT2D eigenvalue weighted by molar-refractivity contribution is -0.133. The van der Waals surface area contributed by atoms with Gasteiger partial charge in [-0.1, -0.05) is 48.0 Å². The second kappa shape index (κ2) is 8.66. The number of fused-ring (bicyclic) bond motifs is 2. The molecule has 0 spiro atoms. The molecule has 2 aromatic carbocycles. The van der Waals surface area contributed by atoms with Gasteiger partial charge >= 0.3 is 5.97 Å². The summed E-state index contributed by atoms with van der Waals surface area (Å²) >= 11 is 0. The Balaban J connectivity index is 1.49. The Hall–Kier alpha value is -3.21. The quantitative estimate of drug-likeness (QED) is 0.599. The molecule has 30 heavy (non-hydrogen) atoms. The number of hydrogen-bond acceptors (Lipinski definition) is 4. The summed E-state index contributed by atoms with van der Waals surface area (Å²) < 4.78 is 5.48. The van der Waals surface area contributed by atoms with Gasteiger partial charge in [0, 0.05) is 24.7 Å². The minimum absolute atomic E-state index is 0.226. The zero-order chi connectivity index (χ0) is 21.1. The van der Waals surface area contributed by atoms with Gasteiger partial charge in [-0.25, -0.2) is 4.79 Å². The first kappa shape index (κ1) is 20.1. The van der Waals surface area contributed by atoms with Crippen molar-refractivity contribution < 1.29 is 14.3 Å². The first-order valence-corrected chi connectivity index (χ1v) is 10.4. The molecule has 3 aromatic rings. The summed E-state index contributed by atoms with van der Waals surface area (Å²) in [5.74, 6) is -0.667. The van der Waals surface area contributed by atoms with Gasteiger partial charge in [0.2, 0.25) is 0 Å². The summed E-state index contributed by atoms with van der Waals surface area (Å²) in [6, 6.07) is 15.7. The van der Waals surface area contributed by atoms with Crippen LogP contribution < -0.4 is 0 Å². The van der Waals surface area contributed by atoms with Gasteiger partial charge in [0.15, 0.2) is 6.61 Å². The van der Waals surface area contributed by atoms with Gasteiger partial charge < -0.3 is 9.64 Å². The van der Waals surface area contributed by atoms with Crippen LogP contribution in [0.3, 0.4) is 0 Å². The number of aromatic nitrogens is 1. The van der Waals surface area contributed by atoms with Crippen molar-refractivity contribution in [2.24, 2.45) is 0 Å². The highest BCUT2D eigenvalue weighted by molar-refractivity contribution is 6.05. The van der Waals surface area contributed by atoms with Crippen molar-refractivity contribution >= 4 is 22.8 Å². The van der Waals surface area contributed by atoms with Crippen LogP contribution in [0.2, 0.25) is 0 Å². The Bertz CT molecular complexity index is 1090. The summed E-state index contributed by atoms with van der Waals surface area (Å²) in [6.45, 7) is 2.23. The van der Waals surface area contributed by atoms with E-state index in [1.54, 1.807) is 11.9 Å². The minimum Gasteiger partial charge on any atom is -0.452 e. The number of aryl methyl sites for hydroxylation is 2. The maximum Gasteiger partial charge on any atom is 0.339 e. The first-order valence-electron chi connectivity index (χ1n) is 10.4. The lowest BCUT2D eigenvalue weighted by Gasteiger charge is -2.21. The van der Waals surface area contributed by atoms with Crippen LogP contribution in [0.5, 0.6) is 0 Å². The summed E-state index contributed by atoms with van der Waals surface area (Å²) in [5, 5.41) is 0.795. The van der Waals surface area contributed by atoms with Crippen molar-refractivity contribution in [3.8, 4) is 0 Å². The number of para-hydroxylation sites is 1. The van der Waals surface area contributed by atoms with Crippen LogP contribution in [-0.2, 0) is 28.9 Å². The van der Waals surface area contributed by atoms with E-state index in [1.807, 2.05) is 55.5 Å². The van der Waals surface area contributed by atoms with Crippen LogP contribution in [0.25, 0.3) is 10.9 Å². The van der Waals surface area contributed by atoms with E-state index in [0.29, 0.717) is 12.1 Å². The average Bonchev–Trinajstić information content (AvgIpc) is 2.77. The van der Waals surface area contributed by atoms with E-state index in [4.69, 9.17) is 9.72 Å². The normalized spacial score (nSPS) is 13.0. The highest BCUT2D eigenvalue weighted by atomic mass is 16.5. The van der Waals surface area contributed by atoms with Gasteiger partial charge in [-0.3, -0.25) is 9.78 Å². The third-order valence-corrected chi connectivity index (χ3v) is 5.67. The summed E-state index contributed by atoms with van der Waals surface area (Å²) in [7, 11) is 1.72. The molecule has 1 aromatic heterocycles. The van der Waals surface area contributed by atoms with Crippen LogP contribution in [0.4, 0.5) is 0 Å². The zero-order valence-corrected chi connectivity index (χ0v) is 17.5. The number of hydrogen-bond donors (Lipinski definition) is 0. The third kappa shape index (κ3) is 4.20. The number of amides is 1. The molecule has 5 heteroatoms. The Morgan fingerprint density at radius 3 is 2.57 bits per heavy atom. The molecule has 1 aliphatic rings. The molecule has 1 amide bonds. The van der Waals surface area contributed by atoms with Crippen molar-refractivity contribution in [2.45, 2.75) is 39.2 Å². The number of benzene rings is 2. The number of pyridine rings is 1. The topological polar surface area (TPSA) is 59.5 Å². The fourth-order valence-corrected chi connectivity index (χ4v) is 3.97. The maximum absolute atomic E-state index is 13.0. The van der Waals surface area contributed by atoms with E-state index in [0.717, 1.165) is 53.4 Å². The van der Waals surface area contributed by atoms with Crippen molar-refractivity contribution in [1.29, 1.82) is 0 Å². The molecular formula is C25H26N2O3. The Kier molecular flexibility index (Phi) is 5.79. The Labute approximate surface area is 176 Å². The molecule has 0 N–H and O–H groups in total. The number of esters is 1. The number of carbonyl (C=O) groups is 2. The Morgan fingerprint density at radius 1 is 1.03 bits per heavy atom. The fourth-order valence-electron chi connectivity index (χ4n) is 3.97. The molecule has 0 aliphatic heterocycles. The third-order valence-electron chi connectivity index (χ3n) is 5.67. The fraction of sp³-hybridized carbons (Fsp3) is 0.320. The zero-order valence-electron chi connectivity index (χ0n) is 17.5. The SMILES string of the molecule is Cc1ccc(CN(C)C(=O)COC(=O)c2c3c(nc4ccccc24)CCCC3)cc1. The van der Waals surface area contributed by atoms with E-state index >= 15 is 0 Å². The van der Waals surface area contributed by atoms with Crippen LogP contribution in [0.15, 0.2) is 48.5 Å². The highest BCUT2D eigenvalue weighted by Gasteiger charge is 2.24. The van der Waals surface area contributed by atoms with Crippen molar-refractivity contribution in [1.82, 2.24) is 9.88 Å². The monoisotopic (exact) mass is 402 g/mol. The molecule has 1 aliphatic carbocycles. The lowest BCUT2D eigenvalue weighted by Crippen LogP contribution is -2.31. The van der Waals surface area contributed by atoms with Crippen LogP contribution in [0, 0.1) is 6.92 Å². The second-order valence-electron chi connectivity index (χ2n) is 7.95. The largest absolute Gasteiger partial charge is 0.452 e. The predicted octanol–water partition coefficient (Wildman–Crippen LogP) is 4.24. The Morgan fingerprint density at radius 2 is 1.77 bits per heavy atom. The molecule has 4 rings (SSSR count). The first-order chi connectivity index (χ1) is 14.5. The molecule has 154 valence electrons. The summed E-state index contributed by atoms with van der Waals surface area (Å²) in [6.07, 6.45) is 3.80. The number of ether oxygens (including phenoxy) is 1. The van der Waals surface area contributed by atoms with Gasteiger partial charge in [-0.15, -0.1) is 0 Å². The van der Waals surface area contributed by atoms with Gasteiger partial charge in [-0.05, 0) is 49.8 Å². The summed E-state index contributed by atoms with van der Waals surface area (Å²) in [4.78, 5) is 31.9. The van der Waals surface area contributed by atoms with Gasteiger partial charge in [0.05, 0.1) is 11.1 Å². The van der Waals surface area contributed by atoms with Crippen molar-refractivity contribution in [2.75, 3.05) is 13.7 Å². The van der Waals surface area contributed by atoms with Crippen LogP contribution in [0.1, 0.15) is 45.6 Å². The molecule has 5 nitrogen and oxygen atoms in total. The second-order valence-corrected chi connectivity index (χ2v) is 7.95. The van der Waals surface area contributed by atoms with E-state index in [9.17, 15) is 9.59 Å². The van der Waals surface area contributed by atoms with Crippen molar-refractivity contribution in [3.05, 3.63) is 76.5 Å². The number of likely N-dealkylation sites (N-methyl/N-ethyl adjacent to an activating group) is 1. The standard InChI is InChI=1S/C25H26N2O3/c1-17-11-13-18(14-12-17)15-27(2)23(28)16-30-25(29)24-19-7-3-5-9-21(19)26-22-10-6-4-8-20(22)24/h3,5,7,9,11-14H,4,6,8,10,15-16H2,1-2H3. The lowest BCUT2D eigenvalue weighted by atomic mass is 9.90. The molecule has 0 fully saturated rings. The molecule has 0 atom stereocenters. The minimum atomic E-state index is -0.441. The molecule has 0 radical (unpaired) electrons. The average molecular weight is 402 g/mol. The van der Waals surface area contributed by atoms with Gasteiger partial charge in [-0.2, -0.15) is 0 Å². The molecule has 0 bridgehead atoms. The summed E-state index contributed by atoms with van der Waals surface area (Å²) in [5.41, 5.74) is 5.55. The molecule has 0 saturated heterocycles. The van der Waals surface area contributed by atoms with E-state index in [1.165, 1.54) is 5.56 Å². The number of rotatable bonds is 5. The smallest absolute Gasteiger partial charge is 0.339 e. The van der Waals surface area contributed by atoms with Gasteiger partial charge in [0.1, 0.15) is 0 Å². The predicted molar refractivity (Wildman–Crippen MR) is 116 cm³/mol. The van der Waals surface area contributed by atoms with E-state index < -0.39 is 5.97 Å². The van der Waals surface area contributed by atoms with Crippen LogP contribution in [-0.4, -0.2) is 35.4 Å². The van der Waals surface area contributed by atoms with E-state index in [-0.39, 0.29) is 12.5 Å². The number of carbonyl (C=O) groups excluding carboxylic acids is 2. The number of nitrogens with zero attached hydrogens (tertiary/aromatic N) is 2. The molecule has 1 heterocycles. The highest BCUT2D eigenvalue weighted by Crippen LogP contribution is 2.29. The van der Waals surface area contributed by atoms with Gasteiger partial charge in [0.25, 0.3) is 5.91 Å². The van der Waals surface area contributed by atoms with Crippen molar-refractivity contribution in [3.63, 3.8) is 0 Å².